The second-order valence-electron chi connectivity index (χ2n) is 18.5. The number of aliphatic hydroxyl groups excluding tert-OH is 1. The number of benzene rings is 3. The van der Waals surface area contributed by atoms with Crippen LogP contribution in [0, 0.1) is 18.8 Å². The van der Waals surface area contributed by atoms with Crippen molar-refractivity contribution in [2.45, 2.75) is 87.0 Å². The maximum atomic E-state index is 15.1. The SMILES string of the molecule is COc1cc2c(cc1OC(=O)c1cc3ccccc3oc1=O)CCN[C@]21CS[C@@H]2C3C(OC(C)=O)C(C)=C4OCOC4C3[C@H](COC1=O)N1C2[C@@H]2c3c(cc(C)c(OC)c3O)C[C@H]([C@@H]1O)N2C. The van der Waals surface area contributed by atoms with Crippen LogP contribution < -0.4 is 25.2 Å². The number of nitrogens with zero attached hydrogens (tertiary/aromatic N) is 2. The molecule has 0 radical (unpaired) electrons. The van der Waals surface area contributed by atoms with Crippen LogP contribution in [0.25, 0.3) is 11.0 Å². The van der Waals surface area contributed by atoms with E-state index >= 15 is 4.79 Å². The minimum atomic E-state index is -1.48. The van der Waals surface area contributed by atoms with E-state index in [1.165, 1.54) is 39.0 Å². The first-order valence-corrected chi connectivity index (χ1v) is 23.5. The molecule has 3 N–H and O–H groups in total. The topological polar surface area (TPSA) is 205 Å². The molecule has 4 aromatic rings. The summed E-state index contributed by atoms with van der Waals surface area (Å²) in [5.74, 6) is -1.67. The maximum absolute atomic E-state index is 15.1. The summed E-state index contributed by atoms with van der Waals surface area (Å²) in [6, 6.07) is 11.5. The lowest BCUT2D eigenvalue weighted by Gasteiger charge is -2.66. The summed E-state index contributed by atoms with van der Waals surface area (Å²) in [5, 5.41) is 28.5. The third kappa shape index (κ3) is 6.54. The first-order chi connectivity index (χ1) is 32.3. The summed E-state index contributed by atoms with van der Waals surface area (Å²) in [5.41, 5.74) is 2.04. The number of phenols is 1. The quantitative estimate of drug-likeness (QED) is 0.148. The number of likely N-dealkylation sites (N-methyl/N-ethyl adjacent to an activating group) is 1. The minimum Gasteiger partial charge on any atom is -0.504 e. The van der Waals surface area contributed by atoms with E-state index in [0.29, 0.717) is 58.6 Å². The van der Waals surface area contributed by atoms with E-state index in [0.717, 1.165) is 16.7 Å². The van der Waals surface area contributed by atoms with Crippen LogP contribution in [-0.4, -0.2) is 127 Å². The molecule has 7 aliphatic heterocycles. The third-order valence-corrected chi connectivity index (χ3v) is 16.8. The van der Waals surface area contributed by atoms with E-state index in [4.69, 9.17) is 37.6 Å². The van der Waals surface area contributed by atoms with E-state index in [1.807, 2.05) is 27.0 Å². The Labute approximate surface area is 389 Å². The number of fused-ring (bicyclic) bond motifs is 10. The summed E-state index contributed by atoms with van der Waals surface area (Å²) in [7, 11) is 4.91. The molecule has 1 aliphatic carbocycles. The van der Waals surface area contributed by atoms with Gasteiger partial charge in [0.05, 0.1) is 32.3 Å². The van der Waals surface area contributed by atoms with Crippen molar-refractivity contribution in [1.82, 2.24) is 15.1 Å². The highest BCUT2D eigenvalue weighted by atomic mass is 32.2. The maximum Gasteiger partial charge on any atom is 0.351 e. The Balaban J connectivity index is 1.05. The number of hydrogen-bond donors (Lipinski definition) is 3. The van der Waals surface area contributed by atoms with Gasteiger partial charge >= 0.3 is 23.5 Å². The Morgan fingerprint density at radius 1 is 0.985 bits per heavy atom. The van der Waals surface area contributed by atoms with Crippen molar-refractivity contribution >= 4 is 40.6 Å². The zero-order valence-electron chi connectivity index (χ0n) is 37.7. The van der Waals surface area contributed by atoms with E-state index in [2.05, 4.69) is 15.1 Å². The number of carbonyl (C=O) groups excluding carboxylic acids is 3. The number of piperidine rings is 1. The molecule has 1 aromatic heterocycles. The summed E-state index contributed by atoms with van der Waals surface area (Å²) in [6.45, 7) is 5.31. The van der Waals surface area contributed by atoms with Crippen molar-refractivity contribution in [3.05, 3.63) is 104 Å². The van der Waals surface area contributed by atoms with Gasteiger partial charge in [0.2, 0.25) is 0 Å². The molecule has 5 unspecified atom stereocenters. The number of aryl methyl sites for hydroxylation is 1. The monoisotopic (exact) mass is 937 g/mol. The second-order valence-corrected chi connectivity index (χ2v) is 19.7. The molecule has 0 saturated carbocycles. The largest absolute Gasteiger partial charge is 0.504 e. The Morgan fingerprint density at radius 2 is 1.79 bits per heavy atom. The number of ether oxygens (including phenoxy) is 7. The number of thioether (sulfide) groups is 1. The van der Waals surface area contributed by atoms with Gasteiger partial charge in [0.25, 0.3) is 0 Å². The number of esters is 3. The zero-order chi connectivity index (χ0) is 46.8. The van der Waals surface area contributed by atoms with Gasteiger partial charge in [0.1, 0.15) is 41.9 Å². The van der Waals surface area contributed by atoms with E-state index in [-0.39, 0.29) is 42.0 Å². The number of hydrogen-bond acceptors (Lipinski definition) is 18. The number of aromatic hydroxyl groups is 1. The summed E-state index contributed by atoms with van der Waals surface area (Å²) in [6.07, 6.45) is -1.54. The first-order valence-electron chi connectivity index (χ1n) is 22.5. The Hall–Kier alpha value is -5.63. The van der Waals surface area contributed by atoms with Crippen LogP contribution in [0.5, 0.6) is 23.0 Å². The predicted molar refractivity (Wildman–Crippen MR) is 240 cm³/mol. The second kappa shape index (κ2) is 16.3. The van der Waals surface area contributed by atoms with Crippen molar-refractivity contribution in [3.63, 3.8) is 0 Å². The molecule has 0 amide bonds. The van der Waals surface area contributed by atoms with E-state index < -0.39 is 88.8 Å². The van der Waals surface area contributed by atoms with Crippen LogP contribution in [0.4, 0.5) is 0 Å². The lowest BCUT2D eigenvalue weighted by molar-refractivity contribution is -0.224. The number of aliphatic hydroxyl groups is 1. The molecule has 4 bridgehead atoms. The molecule has 3 aromatic carbocycles. The predicted octanol–water partition coefficient (Wildman–Crippen LogP) is 3.85. The van der Waals surface area contributed by atoms with Gasteiger partial charge in [-0.1, -0.05) is 24.3 Å². The van der Waals surface area contributed by atoms with Gasteiger partial charge in [-0.2, -0.15) is 11.8 Å². The molecule has 5 fully saturated rings. The van der Waals surface area contributed by atoms with E-state index in [9.17, 15) is 24.6 Å². The van der Waals surface area contributed by atoms with Crippen molar-refractivity contribution in [1.29, 1.82) is 0 Å². The highest BCUT2D eigenvalue weighted by molar-refractivity contribution is 8.00. The Bertz CT molecular complexity index is 2850. The normalized spacial score (nSPS) is 32.0. The summed E-state index contributed by atoms with van der Waals surface area (Å²) < 4.78 is 48.3. The highest BCUT2D eigenvalue weighted by Crippen LogP contribution is 2.60. The Morgan fingerprint density at radius 3 is 2.57 bits per heavy atom. The van der Waals surface area contributed by atoms with E-state index in [1.54, 1.807) is 36.4 Å². The smallest absolute Gasteiger partial charge is 0.351 e. The standard InChI is InChI=1S/C49H51N3O14S/c1-21-13-26-15-29-45(55)52-30-18-61-48(58)49(28-17-32(59-5)33(16-24(28)11-12-50-49)66-47(57)27-14-25-9-7-8-10-31(25)65-46(27)56)19-67-44(38(52)37(51(29)4)34(26)39(54)40(21)60-6)36-35(30)43-42(62-20-63-43)22(2)41(36)64-23(3)53/h7-10,13-14,16-17,29-30,35-38,41,43-45,50,54-55H,11-12,15,18-20H2,1-6H3/t29-,30+,35?,36?,37+,38?,41?,43?,44-,45+,49-/m1/s1. The average Bonchev–Trinajstić information content (AvgIpc) is 3.80. The molecule has 67 heavy (non-hydrogen) atoms. The molecule has 352 valence electrons. The van der Waals surface area contributed by atoms with Gasteiger partial charge < -0.3 is 47.8 Å². The fraction of sp³-hybridized carbons (Fsp3) is 0.469. The molecule has 1 spiro atoms. The summed E-state index contributed by atoms with van der Waals surface area (Å²) >= 11 is 1.50. The van der Waals surface area contributed by atoms with Crippen molar-refractivity contribution in [3.8, 4) is 23.0 Å². The molecule has 5 saturated heterocycles. The fourth-order valence-electron chi connectivity index (χ4n) is 12.4. The van der Waals surface area contributed by atoms with Crippen molar-refractivity contribution in [2.24, 2.45) is 11.8 Å². The van der Waals surface area contributed by atoms with Gasteiger partial charge in [-0.3, -0.25) is 19.9 Å². The molecule has 17 nitrogen and oxygen atoms in total. The zero-order valence-corrected chi connectivity index (χ0v) is 38.5. The van der Waals surface area contributed by atoms with Crippen LogP contribution in [-0.2, 0) is 46.9 Å². The van der Waals surface area contributed by atoms with Gasteiger partial charge in [-0.25, -0.2) is 14.4 Å². The number of para-hydroxylation sites is 1. The minimum absolute atomic E-state index is 0.0172. The molecule has 8 aliphatic rings. The molecular weight excluding hydrogens is 887 g/mol. The number of nitrogens with one attached hydrogen (secondary N) is 1. The van der Waals surface area contributed by atoms with Gasteiger partial charge in [-0.15, -0.1) is 0 Å². The van der Waals surface area contributed by atoms with Gasteiger partial charge in [0, 0.05) is 58.9 Å². The highest BCUT2D eigenvalue weighted by Gasteiger charge is 2.67. The third-order valence-electron chi connectivity index (χ3n) is 15.2. The number of rotatable bonds is 5. The molecule has 11 atom stereocenters. The Kier molecular flexibility index (Phi) is 10.7. The van der Waals surface area contributed by atoms with Crippen molar-refractivity contribution < 1.29 is 62.2 Å². The van der Waals surface area contributed by atoms with Crippen LogP contribution in [0.1, 0.15) is 58.1 Å². The number of carbonyl (C=O) groups is 3. The van der Waals surface area contributed by atoms with Crippen LogP contribution >= 0.6 is 11.8 Å². The molecule has 8 heterocycles. The molecular formula is C49H51N3O14S. The number of phenolic OH excluding ortho intramolecular Hbond substituents is 1. The van der Waals surface area contributed by atoms with Crippen LogP contribution in [0.3, 0.4) is 0 Å². The number of piperazine rings is 1. The van der Waals surface area contributed by atoms with Crippen LogP contribution in [0.2, 0.25) is 0 Å². The average molecular weight is 938 g/mol. The number of methoxy groups -OCH3 is 2. The first kappa shape index (κ1) is 43.9. The lowest BCUT2D eigenvalue weighted by atomic mass is 9.62. The molecule has 12 rings (SSSR count). The van der Waals surface area contributed by atoms with Gasteiger partial charge in [-0.05, 0) is 80.3 Å². The lowest BCUT2D eigenvalue weighted by Crippen LogP contribution is -2.78. The fourth-order valence-corrected chi connectivity index (χ4v) is 14.3. The van der Waals surface area contributed by atoms with Crippen molar-refractivity contribution in [2.75, 3.05) is 47.0 Å². The summed E-state index contributed by atoms with van der Waals surface area (Å²) in [4.78, 5) is 59.1. The van der Waals surface area contributed by atoms with Gasteiger partial charge in [0.15, 0.2) is 35.3 Å². The van der Waals surface area contributed by atoms with Crippen LogP contribution in [0.15, 0.2) is 69.1 Å². The molecule has 18 heteroatoms.